The maximum absolute atomic E-state index is 6.06. The van der Waals surface area contributed by atoms with Gasteiger partial charge in [-0.2, -0.15) is 0 Å². The van der Waals surface area contributed by atoms with Crippen LogP contribution >= 0.6 is 0 Å². The van der Waals surface area contributed by atoms with Crippen molar-refractivity contribution in [3.05, 3.63) is 11.8 Å². The highest BCUT2D eigenvalue weighted by molar-refractivity contribution is 7.97. The van der Waals surface area contributed by atoms with Gasteiger partial charge in [0, 0.05) is 18.4 Å². The summed E-state index contributed by atoms with van der Waals surface area (Å²) in [5.41, 5.74) is 3.32. The molecule has 2 saturated carbocycles. The maximum atomic E-state index is 6.06. The van der Waals surface area contributed by atoms with Crippen LogP contribution in [0, 0.1) is 16.7 Å². The highest BCUT2D eigenvalue weighted by Crippen LogP contribution is 2.67. The number of hydrogen-bond acceptors (Lipinski definition) is 1. The Balaban J connectivity index is 2.14. The predicted octanol–water partition coefficient (Wildman–Crippen LogP) is 4.51. The van der Waals surface area contributed by atoms with Crippen LogP contribution in [0.15, 0.2) is 11.8 Å². The van der Waals surface area contributed by atoms with Gasteiger partial charge >= 0.3 is 0 Å². The van der Waals surface area contributed by atoms with E-state index in [2.05, 4.69) is 58.4 Å². The highest BCUT2D eigenvalue weighted by atomic mass is 32.2. The van der Waals surface area contributed by atoms with Gasteiger partial charge in [-0.15, -0.1) is 0 Å². The molecule has 2 aliphatic rings. The maximum Gasteiger partial charge on any atom is 0.148 e. The molecule has 2 rings (SSSR count). The summed E-state index contributed by atoms with van der Waals surface area (Å²) in [5, 5.41) is 0.759. The van der Waals surface area contributed by atoms with Crippen LogP contribution in [0.1, 0.15) is 33.6 Å². The fraction of sp³-hybridized carbons (Fsp3) is 0.889. The van der Waals surface area contributed by atoms with Crippen molar-refractivity contribution >= 4 is 19.0 Å². The SMILES string of the molecule is CO[C@@H]1[C@H]([S+](C)C/C=C/[Si](C)(C)C)[C@H]2CC[C@]1(C)C2(C)C. The second kappa shape index (κ2) is 5.72. The van der Waals surface area contributed by atoms with Crippen molar-refractivity contribution in [3.63, 3.8) is 0 Å². The first-order valence-electron chi connectivity index (χ1n) is 8.36. The third-order valence-corrected chi connectivity index (χ3v) is 9.85. The van der Waals surface area contributed by atoms with Crippen LogP contribution in [0.2, 0.25) is 19.6 Å². The van der Waals surface area contributed by atoms with E-state index in [4.69, 9.17) is 4.74 Å². The summed E-state index contributed by atoms with van der Waals surface area (Å²) in [6.07, 6.45) is 8.17. The minimum atomic E-state index is -1.06. The van der Waals surface area contributed by atoms with Crippen LogP contribution < -0.4 is 0 Å². The van der Waals surface area contributed by atoms with Crippen LogP contribution in [0.4, 0.5) is 0 Å². The molecule has 0 aliphatic heterocycles. The fourth-order valence-electron chi connectivity index (χ4n) is 4.77. The Bertz CT molecular complexity index is 412. The van der Waals surface area contributed by atoms with Crippen molar-refractivity contribution < 1.29 is 4.74 Å². The molecule has 5 atom stereocenters. The molecule has 1 unspecified atom stereocenters. The average Bonchev–Trinajstić information content (AvgIpc) is 2.67. The lowest BCUT2D eigenvalue weighted by Gasteiger charge is -2.38. The molecule has 122 valence electrons. The Labute approximate surface area is 136 Å². The van der Waals surface area contributed by atoms with Gasteiger partial charge in [-0.05, 0) is 35.2 Å². The van der Waals surface area contributed by atoms with Crippen LogP contribution in [0.3, 0.4) is 0 Å². The largest absolute Gasteiger partial charge is 0.376 e. The van der Waals surface area contributed by atoms with Gasteiger partial charge in [0.05, 0.1) is 14.3 Å². The molecule has 3 heteroatoms. The van der Waals surface area contributed by atoms with E-state index in [0.717, 1.165) is 11.2 Å². The van der Waals surface area contributed by atoms with Crippen molar-refractivity contribution in [2.24, 2.45) is 16.7 Å². The molecule has 2 aliphatic carbocycles. The minimum Gasteiger partial charge on any atom is -0.376 e. The smallest absolute Gasteiger partial charge is 0.148 e. The van der Waals surface area contributed by atoms with E-state index in [0.29, 0.717) is 27.8 Å². The summed E-state index contributed by atoms with van der Waals surface area (Å²) in [5.74, 6) is 2.10. The average molecular weight is 328 g/mol. The van der Waals surface area contributed by atoms with Crippen LogP contribution in [0.5, 0.6) is 0 Å². The lowest BCUT2D eigenvalue weighted by Crippen LogP contribution is -2.45. The molecule has 2 fully saturated rings. The summed E-state index contributed by atoms with van der Waals surface area (Å²) < 4.78 is 6.06. The number of rotatable bonds is 5. The van der Waals surface area contributed by atoms with Crippen molar-refractivity contribution in [1.29, 1.82) is 0 Å². The van der Waals surface area contributed by atoms with Crippen molar-refractivity contribution in [1.82, 2.24) is 0 Å². The van der Waals surface area contributed by atoms with E-state index in [-0.39, 0.29) is 0 Å². The molecule has 2 bridgehead atoms. The van der Waals surface area contributed by atoms with Gasteiger partial charge in [0.15, 0.2) is 0 Å². The Morgan fingerprint density at radius 2 is 1.86 bits per heavy atom. The van der Waals surface area contributed by atoms with E-state index < -0.39 is 8.07 Å². The normalized spacial score (nSPS) is 40.1. The molecule has 0 aromatic carbocycles. The lowest BCUT2D eigenvalue weighted by atomic mass is 9.70. The molecule has 1 nitrogen and oxygen atoms in total. The van der Waals surface area contributed by atoms with E-state index in [1.807, 2.05) is 7.11 Å². The molecular formula is C18H35OSSi+. The summed E-state index contributed by atoms with van der Waals surface area (Å²) in [4.78, 5) is 0. The number of ether oxygens (including phenoxy) is 1. The summed E-state index contributed by atoms with van der Waals surface area (Å²) >= 11 is 0. The zero-order valence-electron chi connectivity index (χ0n) is 15.3. The van der Waals surface area contributed by atoms with Gasteiger partial charge in [0.2, 0.25) is 0 Å². The Morgan fingerprint density at radius 3 is 2.38 bits per heavy atom. The number of fused-ring (bicyclic) bond motifs is 2. The first kappa shape index (κ1) is 17.6. The second-order valence-electron chi connectivity index (χ2n) is 9.03. The second-order valence-corrected chi connectivity index (χ2v) is 16.4. The first-order valence-corrected chi connectivity index (χ1v) is 13.8. The molecule has 0 amide bonds. The molecule has 0 radical (unpaired) electrons. The van der Waals surface area contributed by atoms with Crippen LogP contribution in [-0.4, -0.2) is 38.5 Å². The van der Waals surface area contributed by atoms with Crippen LogP contribution in [0.25, 0.3) is 0 Å². The summed E-state index contributed by atoms with van der Waals surface area (Å²) in [7, 11) is 1.31. The minimum absolute atomic E-state index is 0.376. The summed E-state index contributed by atoms with van der Waals surface area (Å²) in [6, 6.07) is 0. The predicted molar refractivity (Wildman–Crippen MR) is 99.8 cm³/mol. The first-order chi connectivity index (χ1) is 9.54. The van der Waals surface area contributed by atoms with Gasteiger partial charge in [0.25, 0.3) is 0 Å². The molecule has 0 N–H and O–H groups in total. The monoisotopic (exact) mass is 327 g/mol. The molecular weight excluding hydrogens is 292 g/mol. The van der Waals surface area contributed by atoms with E-state index in [9.17, 15) is 0 Å². The topological polar surface area (TPSA) is 9.23 Å². The fourth-order valence-corrected chi connectivity index (χ4v) is 8.26. The van der Waals surface area contributed by atoms with Crippen molar-refractivity contribution in [2.75, 3.05) is 19.1 Å². The lowest BCUT2D eigenvalue weighted by molar-refractivity contribution is -0.0179. The standard InChI is InChI=1S/C18H35OSSi/c1-17(2)14-10-11-18(17,3)16(19-4)15(14)20(5)12-9-13-21(6,7)8/h9,13-16H,10-12H2,1-8H3/q+1/b13-9+/t14-,15-,16-,18+,20?/m1/s1. The number of hydrogen-bond donors (Lipinski definition) is 0. The molecule has 0 heterocycles. The number of methoxy groups -OCH3 is 1. The zero-order chi connectivity index (χ0) is 16.1. The van der Waals surface area contributed by atoms with Gasteiger partial charge in [-0.1, -0.05) is 46.1 Å². The van der Waals surface area contributed by atoms with E-state index in [1.54, 1.807) is 0 Å². The van der Waals surface area contributed by atoms with E-state index in [1.165, 1.54) is 18.6 Å². The van der Waals surface area contributed by atoms with Gasteiger partial charge < -0.3 is 4.74 Å². The van der Waals surface area contributed by atoms with Gasteiger partial charge in [-0.3, -0.25) is 0 Å². The Hall–Kier alpha value is 0.267. The molecule has 0 saturated heterocycles. The molecule has 21 heavy (non-hydrogen) atoms. The molecule has 0 spiro atoms. The zero-order valence-corrected chi connectivity index (χ0v) is 17.1. The van der Waals surface area contributed by atoms with E-state index >= 15 is 0 Å². The molecule has 0 aromatic rings. The quantitative estimate of drug-likeness (QED) is 0.533. The van der Waals surface area contributed by atoms with Gasteiger partial charge in [0.1, 0.15) is 17.1 Å². The summed E-state index contributed by atoms with van der Waals surface area (Å²) in [6.45, 7) is 14.7. The highest BCUT2D eigenvalue weighted by Gasteiger charge is 2.70. The van der Waals surface area contributed by atoms with Crippen LogP contribution in [-0.2, 0) is 15.6 Å². The third kappa shape index (κ3) is 2.90. The van der Waals surface area contributed by atoms with Crippen molar-refractivity contribution in [2.45, 2.75) is 64.6 Å². The van der Waals surface area contributed by atoms with Gasteiger partial charge in [-0.25, -0.2) is 0 Å². The Morgan fingerprint density at radius 1 is 1.24 bits per heavy atom. The molecule has 0 aromatic heterocycles. The Kier molecular flexibility index (Phi) is 4.80. The third-order valence-electron chi connectivity index (χ3n) is 6.39. The van der Waals surface area contributed by atoms with Crippen molar-refractivity contribution in [3.8, 4) is 0 Å².